The zero-order chi connectivity index (χ0) is 15.6. The van der Waals surface area contributed by atoms with Gasteiger partial charge in [-0.2, -0.15) is 8.42 Å². The monoisotopic (exact) mass is 313 g/mol. The maximum atomic E-state index is 12.3. The Labute approximate surface area is 124 Å². The van der Waals surface area contributed by atoms with Crippen LogP contribution in [0.2, 0.25) is 0 Å². The maximum Gasteiger partial charge on any atom is 0.422 e. The van der Waals surface area contributed by atoms with Crippen molar-refractivity contribution < 1.29 is 17.9 Å². The molecule has 3 N–H and O–H groups in total. The first-order chi connectivity index (χ1) is 9.79. The quantitative estimate of drug-likeness (QED) is 0.857. The fraction of sp³-hybridized carbons (Fsp3) is 0.462. The van der Waals surface area contributed by atoms with Gasteiger partial charge in [-0.25, -0.2) is 9.52 Å². The number of amides is 1. The van der Waals surface area contributed by atoms with Crippen molar-refractivity contribution in [1.29, 1.82) is 0 Å². The largest absolute Gasteiger partial charge is 0.446 e. The van der Waals surface area contributed by atoms with Crippen LogP contribution in [0, 0.1) is 0 Å². The van der Waals surface area contributed by atoms with Crippen LogP contribution >= 0.6 is 0 Å². The minimum atomic E-state index is -4.05. The van der Waals surface area contributed by atoms with Crippen LogP contribution in [-0.2, 0) is 21.4 Å². The van der Waals surface area contributed by atoms with E-state index in [-0.39, 0.29) is 12.6 Å². The first kappa shape index (κ1) is 15.6. The summed E-state index contributed by atoms with van der Waals surface area (Å²) in [6.07, 6.45) is -0.809. The highest BCUT2D eigenvalue weighted by Gasteiger charge is 2.32. The van der Waals surface area contributed by atoms with Gasteiger partial charge in [-0.05, 0) is 31.9 Å². The van der Waals surface area contributed by atoms with Gasteiger partial charge in [-0.15, -0.1) is 0 Å². The lowest BCUT2D eigenvalue weighted by atomic mass is 10.0. The molecule has 116 valence electrons. The third-order valence-corrected chi connectivity index (χ3v) is 4.34. The normalized spacial score (nSPS) is 18.3. The molecule has 1 aromatic rings. The molecule has 0 saturated heterocycles. The van der Waals surface area contributed by atoms with Gasteiger partial charge in [-0.3, -0.25) is 4.31 Å². The lowest BCUT2D eigenvalue weighted by molar-refractivity contribution is 0.121. The van der Waals surface area contributed by atoms with E-state index in [9.17, 15) is 13.2 Å². The van der Waals surface area contributed by atoms with Crippen LogP contribution in [0.4, 0.5) is 10.5 Å². The lowest BCUT2D eigenvalue weighted by Gasteiger charge is -2.33. The van der Waals surface area contributed by atoms with Crippen molar-refractivity contribution in [3.05, 3.63) is 29.8 Å². The summed E-state index contributed by atoms with van der Waals surface area (Å²) in [5.41, 5.74) is 7.26. The van der Waals surface area contributed by atoms with Crippen molar-refractivity contribution in [2.75, 3.05) is 10.8 Å². The van der Waals surface area contributed by atoms with Crippen LogP contribution in [0.15, 0.2) is 24.3 Å². The summed E-state index contributed by atoms with van der Waals surface area (Å²) in [6, 6.07) is 6.75. The highest BCUT2D eigenvalue weighted by Crippen LogP contribution is 2.28. The Morgan fingerprint density at radius 2 is 2.10 bits per heavy atom. The van der Waals surface area contributed by atoms with E-state index in [2.05, 4.69) is 0 Å². The number of carbonyl (C=O) groups is 1. The molecule has 21 heavy (non-hydrogen) atoms. The molecular weight excluding hydrogens is 294 g/mol. The smallest absolute Gasteiger partial charge is 0.422 e. The maximum absolute atomic E-state index is 12.3. The predicted octanol–water partition coefficient (Wildman–Crippen LogP) is 0.756. The van der Waals surface area contributed by atoms with Crippen molar-refractivity contribution in [2.45, 2.75) is 32.4 Å². The van der Waals surface area contributed by atoms with Gasteiger partial charge in [0.2, 0.25) is 0 Å². The van der Waals surface area contributed by atoms with Gasteiger partial charge >= 0.3 is 16.3 Å². The molecule has 1 amide bonds. The molecule has 1 aliphatic rings. The molecule has 1 aliphatic heterocycles. The molecule has 1 atom stereocenters. The molecule has 7 nitrogen and oxygen atoms in total. The van der Waals surface area contributed by atoms with E-state index in [0.29, 0.717) is 12.1 Å². The lowest BCUT2D eigenvalue weighted by Crippen LogP contribution is -2.51. The molecule has 1 aromatic carbocycles. The third kappa shape index (κ3) is 3.64. The molecule has 8 heteroatoms. The fourth-order valence-electron chi connectivity index (χ4n) is 2.21. The number of fused-ring (bicyclic) bond motifs is 1. The Balaban J connectivity index is 2.26. The third-order valence-electron chi connectivity index (χ3n) is 2.99. The molecule has 0 saturated carbocycles. The van der Waals surface area contributed by atoms with Crippen LogP contribution < -0.4 is 14.8 Å². The summed E-state index contributed by atoms with van der Waals surface area (Å²) in [5.74, 6) is 0. The Hall–Kier alpha value is -1.80. The van der Waals surface area contributed by atoms with Gasteiger partial charge in [0.15, 0.2) is 0 Å². The van der Waals surface area contributed by atoms with E-state index in [1.807, 2.05) is 16.9 Å². The summed E-state index contributed by atoms with van der Waals surface area (Å²) >= 11 is 0. The number of hydrogen-bond donors (Lipinski definition) is 2. The van der Waals surface area contributed by atoms with E-state index in [4.69, 9.17) is 10.5 Å². The summed E-state index contributed by atoms with van der Waals surface area (Å²) in [7, 11) is -4.05. The van der Waals surface area contributed by atoms with Crippen LogP contribution in [0.25, 0.3) is 0 Å². The van der Waals surface area contributed by atoms with E-state index < -0.39 is 22.4 Å². The zero-order valence-electron chi connectivity index (χ0n) is 11.9. The zero-order valence-corrected chi connectivity index (χ0v) is 12.8. The number of nitrogens with zero attached hydrogens (tertiary/aromatic N) is 1. The minimum absolute atomic E-state index is 0.112. The number of benzene rings is 1. The highest BCUT2D eigenvalue weighted by molar-refractivity contribution is 7.91. The molecule has 0 aliphatic carbocycles. The summed E-state index contributed by atoms with van der Waals surface area (Å²) in [4.78, 5) is 11.5. The van der Waals surface area contributed by atoms with Crippen molar-refractivity contribution in [2.24, 2.45) is 5.73 Å². The number of ether oxygens (including phenoxy) is 1. The number of hydrogen-bond acceptors (Lipinski definition) is 5. The number of para-hydroxylation sites is 1. The van der Waals surface area contributed by atoms with Gasteiger partial charge in [0.1, 0.15) is 0 Å². The predicted molar refractivity (Wildman–Crippen MR) is 79.1 cm³/mol. The van der Waals surface area contributed by atoms with Crippen LogP contribution in [0.1, 0.15) is 19.4 Å². The highest BCUT2D eigenvalue weighted by atomic mass is 32.2. The van der Waals surface area contributed by atoms with Crippen molar-refractivity contribution in [3.8, 4) is 0 Å². The second kappa shape index (κ2) is 5.90. The van der Waals surface area contributed by atoms with E-state index in [1.165, 1.54) is 0 Å². The number of nitrogens with two attached hydrogens (primary N) is 1. The molecule has 1 heterocycles. The van der Waals surface area contributed by atoms with Crippen LogP contribution in [-0.4, -0.2) is 33.2 Å². The van der Waals surface area contributed by atoms with Crippen LogP contribution in [0.5, 0.6) is 0 Å². The second-order valence-corrected chi connectivity index (χ2v) is 6.78. The molecule has 0 fully saturated rings. The average molecular weight is 313 g/mol. The first-order valence-electron chi connectivity index (χ1n) is 6.64. The van der Waals surface area contributed by atoms with E-state index in [1.54, 1.807) is 26.0 Å². The molecule has 2 rings (SSSR count). The van der Waals surface area contributed by atoms with E-state index >= 15 is 0 Å². The average Bonchev–Trinajstić information content (AvgIpc) is 2.35. The summed E-state index contributed by atoms with van der Waals surface area (Å²) in [6.45, 7) is 3.39. The topological polar surface area (TPSA) is 102 Å². The molecule has 0 radical (unpaired) electrons. The first-order valence-corrected chi connectivity index (χ1v) is 8.08. The van der Waals surface area contributed by atoms with Gasteiger partial charge < -0.3 is 10.5 Å². The summed E-state index contributed by atoms with van der Waals surface area (Å²) in [5, 5.41) is 0. The van der Waals surface area contributed by atoms with Crippen LogP contribution in [0.3, 0.4) is 0 Å². The standard InChI is InChI=1S/C13H19N3O4S/c1-9(2)20-13(17)15-21(18,19)16-8-11(14)7-10-5-3-4-6-12(10)16/h3-6,9,11H,7-8,14H2,1-2H3,(H,15,17). The SMILES string of the molecule is CC(C)OC(=O)NS(=O)(=O)N1CC(N)Cc2ccccc21. The number of nitrogens with one attached hydrogen (secondary N) is 1. The Morgan fingerprint density at radius 1 is 1.43 bits per heavy atom. The number of anilines is 1. The van der Waals surface area contributed by atoms with Gasteiger partial charge in [0.25, 0.3) is 0 Å². The van der Waals surface area contributed by atoms with Crippen molar-refractivity contribution in [3.63, 3.8) is 0 Å². The molecular formula is C13H19N3O4S. The minimum Gasteiger partial charge on any atom is -0.446 e. The molecule has 1 unspecified atom stereocenters. The van der Waals surface area contributed by atoms with Crippen molar-refractivity contribution in [1.82, 2.24) is 4.72 Å². The molecule has 0 aromatic heterocycles. The molecule has 0 bridgehead atoms. The second-order valence-electron chi connectivity index (χ2n) is 5.19. The Morgan fingerprint density at radius 3 is 2.76 bits per heavy atom. The fourth-order valence-corrected chi connectivity index (χ4v) is 3.40. The Kier molecular flexibility index (Phi) is 4.38. The van der Waals surface area contributed by atoms with Crippen molar-refractivity contribution >= 4 is 22.0 Å². The molecule has 0 spiro atoms. The van der Waals surface area contributed by atoms with Gasteiger partial charge in [0, 0.05) is 6.04 Å². The summed E-state index contributed by atoms with van der Waals surface area (Å²) < 4.78 is 32.5. The van der Waals surface area contributed by atoms with Gasteiger partial charge in [0.05, 0.1) is 18.3 Å². The Bertz CT molecular complexity index is 630. The van der Waals surface area contributed by atoms with Gasteiger partial charge in [-0.1, -0.05) is 18.2 Å². The number of rotatable bonds is 3. The number of carbonyl (C=O) groups excluding carboxylic acids is 1. The van der Waals surface area contributed by atoms with E-state index in [0.717, 1.165) is 9.87 Å².